The van der Waals surface area contributed by atoms with Crippen LogP contribution in [0.3, 0.4) is 0 Å². The maximum atomic E-state index is 10.6. The fraction of sp³-hybridized carbons (Fsp3) is 0.143. The number of hydrogen-bond donors (Lipinski definition) is 2. The highest BCUT2D eigenvalue weighted by atomic mass is 79.9. The number of rotatable bonds is 3. The number of carbonyl (C=O) groups is 1. The molecule has 7 nitrogen and oxygen atoms in total. The van der Waals surface area contributed by atoms with Crippen LogP contribution in [-0.2, 0) is 4.79 Å². The first-order valence-electron chi connectivity index (χ1n) is 3.64. The fourth-order valence-corrected chi connectivity index (χ4v) is 1.47. The molecule has 1 aromatic heterocycles. The molecule has 0 spiro atoms. The molecule has 1 rings (SSSR count). The molecule has 0 aromatic carbocycles. The fourth-order valence-electron chi connectivity index (χ4n) is 0.977. The molecular weight excluding hydrogens is 272 g/mol. The van der Waals surface area contributed by atoms with E-state index in [1.807, 2.05) is 0 Å². The maximum Gasteiger partial charge on any atom is 0.337 e. The van der Waals surface area contributed by atoms with Gasteiger partial charge in [-0.05, 0) is 22.0 Å². The van der Waals surface area contributed by atoms with Crippen LogP contribution < -0.4 is 0 Å². The largest absolute Gasteiger partial charge is 0.479 e. The summed E-state index contributed by atoms with van der Waals surface area (Å²) in [6.45, 7) is 0. The van der Waals surface area contributed by atoms with E-state index in [1.54, 1.807) is 0 Å². The highest BCUT2D eigenvalue weighted by molar-refractivity contribution is 9.10. The Morgan fingerprint density at radius 2 is 2.27 bits per heavy atom. The van der Waals surface area contributed by atoms with Crippen molar-refractivity contribution in [3.8, 4) is 0 Å². The third kappa shape index (κ3) is 2.28. The molecule has 0 amide bonds. The van der Waals surface area contributed by atoms with Crippen molar-refractivity contribution in [1.82, 2.24) is 4.98 Å². The Labute approximate surface area is 91.7 Å². The van der Waals surface area contributed by atoms with E-state index in [0.29, 0.717) is 0 Å². The van der Waals surface area contributed by atoms with Gasteiger partial charge < -0.3 is 10.2 Å². The average molecular weight is 277 g/mol. The number of hydrogen-bond acceptors (Lipinski definition) is 5. The summed E-state index contributed by atoms with van der Waals surface area (Å²) in [4.78, 5) is 23.8. The SMILES string of the molecule is O=C(O)C(O)c1ccnc(Br)c1[N+](=O)[O-]. The molecule has 0 saturated carbocycles. The number of halogens is 1. The zero-order valence-electron chi connectivity index (χ0n) is 7.12. The third-order valence-electron chi connectivity index (χ3n) is 1.62. The predicted molar refractivity (Wildman–Crippen MR) is 51.2 cm³/mol. The molecule has 1 heterocycles. The molecule has 0 radical (unpaired) electrons. The minimum absolute atomic E-state index is 0.120. The topological polar surface area (TPSA) is 114 Å². The lowest BCUT2D eigenvalue weighted by atomic mass is 10.1. The molecule has 1 unspecified atom stereocenters. The number of aliphatic hydroxyl groups is 1. The maximum absolute atomic E-state index is 10.6. The van der Waals surface area contributed by atoms with Gasteiger partial charge in [0.2, 0.25) is 0 Å². The van der Waals surface area contributed by atoms with Crippen molar-refractivity contribution >= 4 is 27.6 Å². The summed E-state index contributed by atoms with van der Waals surface area (Å²) in [5.74, 6) is -1.56. The summed E-state index contributed by atoms with van der Waals surface area (Å²) < 4.78 is -0.120. The van der Waals surface area contributed by atoms with Crippen LogP contribution in [0.4, 0.5) is 5.69 Å². The van der Waals surface area contributed by atoms with Gasteiger partial charge in [-0.1, -0.05) is 0 Å². The Morgan fingerprint density at radius 1 is 1.67 bits per heavy atom. The minimum atomic E-state index is -1.94. The normalized spacial score (nSPS) is 12.1. The Morgan fingerprint density at radius 3 is 2.73 bits per heavy atom. The van der Waals surface area contributed by atoms with Crippen LogP contribution >= 0.6 is 15.9 Å². The second-order valence-corrected chi connectivity index (χ2v) is 3.29. The van der Waals surface area contributed by atoms with Crippen molar-refractivity contribution in [3.63, 3.8) is 0 Å². The van der Waals surface area contributed by atoms with Gasteiger partial charge >= 0.3 is 11.7 Å². The number of aromatic nitrogens is 1. The molecule has 80 valence electrons. The Hall–Kier alpha value is -1.54. The first kappa shape index (κ1) is 11.5. The smallest absolute Gasteiger partial charge is 0.337 e. The zero-order chi connectivity index (χ0) is 11.6. The molecule has 0 aliphatic carbocycles. The van der Waals surface area contributed by atoms with Crippen molar-refractivity contribution in [2.24, 2.45) is 0 Å². The summed E-state index contributed by atoms with van der Waals surface area (Å²) in [5.41, 5.74) is -0.859. The lowest BCUT2D eigenvalue weighted by molar-refractivity contribution is -0.387. The Balaban J connectivity index is 3.35. The van der Waals surface area contributed by atoms with Crippen LogP contribution in [0.15, 0.2) is 16.9 Å². The standard InChI is InChI=1S/C7H5BrN2O5/c8-6-4(10(14)15)3(1-2-9-6)5(11)7(12)13/h1-2,5,11H,(H,12,13). The van der Waals surface area contributed by atoms with E-state index in [2.05, 4.69) is 20.9 Å². The molecule has 1 aromatic rings. The molecule has 0 fully saturated rings. The second kappa shape index (κ2) is 4.32. The van der Waals surface area contributed by atoms with E-state index in [-0.39, 0.29) is 10.2 Å². The highest BCUT2D eigenvalue weighted by Crippen LogP contribution is 2.30. The van der Waals surface area contributed by atoms with Crippen molar-refractivity contribution in [1.29, 1.82) is 0 Å². The molecule has 0 bridgehead atoms. The van der Waals surface area contributed by atoms with Crippen molar-refractivity contribution in [3.05, 3.63) is 32.5 Å². The van der Waals surface area contributed by atoms with Gasteiger partial charge in [-0.2, -0.15) is 0 Å². The van der Waals surface area contributed by atoms with Gasteiger partial charge in [-0.3, -0.25) is 10.1 Å². The van der Waals surface area contributed by atoms with E-state index < -0.39 is 22.7 Å². The molecule has 0 saturated heterocycles. The molecule has 8 heteroatoms. The molecule has 2 N–H and O–H groups in total. The first-order valence-corrected chi connectivity index (χ1v) is 4.44. The van der Waals surface area contributed by atoms with Gasteiger partial charge in [-0.15, -0.1) is 0 Å². The number of aliphatic carboxylic acids is 1. The number of pyridine rings is 1. The Bertz CT molecular complexity index is 422. The van der Waals surface area contributed by atoms with E-state index in [1.165, 1.54) is 6.20 Å². The van der Waals surface area contributed by atoms with Gasteiger partial charge in [-0.25, -0.2) is 9.78 Å². The van der Waals surface area contributed by atoms with E-state index in [4.69, 9.17) is 5.11 Å². The molecule has 15 heavy (non-hydrogen) atoms. The highest BCUT2D eigenvalue weighted by Gasteiger charge is 2.28. The quantitative estimate of drug-likeness (QED) is 0.481. The number of nitro groups is 1. The molecule has 0 aliphatic heterocycles. The summed E-state index contributed by atoms with van der Waals surface area (Å²) in [5, 5.41) is 28.3. The summed E-state index contributed by atoms with van der Waals surface area (Å²) in [7, 11) is 0. The predicted octanol–water partition coefficient (Wildman–Crippen LogP) is 0.870. The molecular formula is C7H5BrN2O5. The van der Waals surface area contributed by atoms with Crippen LogP contribution in [0.1, 0.15) is 11.7 Å². The summed E-state index contributed by atoms with van der Waals surface area (Å²) in [6, 6.07) is 1.08. The van der Waals surface area contributed by atoms with Crippen LogP contribution in [0.2, 0.25) is 0 Å². The van der Waals surface area contributed by atoms with Crippen molar-refractivity contribution < 1.29 is 19.9 Å². The van der Waals surface area contributed by atoms with Crippen LogP contribution in [0.25, 0.3) is 0 Å². The van der Waals surface area contributed by atoms with E-state index >= 15 is 0 Å². The molecule has 1 atom stereocenters. The van der Waals surface area contributed by atoms with Crippen LogP contribution in [-0.4, -0.2) is 26.1 Å². The van der Waals surface area contributed by atoms with Gasteiger partial charge in [0.05, 0.1) is 10.5 Å². The molecule has 0 aliphatic rings. The monoisotopic (exact) mass is 276 g/mol. The average Bonchev–Trinajstić information content (AvgIpc) is 2.15. The summed E-state index contributed by atoms with van der Waals surface area (Å²) >= 11 is 2.81. The number of carboxylic acids is 1. The van der Waals surface area contributed by atoms with E-state index in [9.17, 15) is 20.0 Å². The summed E-state index contributed by atoms with van der Waals surface area (Å²) in [6.07, 6.45) is -0.775. The van der Waals surface area contributed by atoms with E-state index in [0.717, 1.165) is 6.07 Å². The third-order valence-corrected chi connectivity index (χ3v) is 2.20. The van der Waals surface area contributed by atoms with Gasteiger partial charge in [0.15, 0.2) is 10.7 Å². The lowest BCUT2D eigenvalue weighted by Crippen LogP contribution is -2.13. The Kier molecular flexibility index (Phi) is 3.32. The zero-order valence-corrected chi connectivity index (χ0v) is 8.71. The van der Waals surface area contributed by atoms with Gasteiger partial charge in [0.25, 0.3) is 0 Å². The number of aliphatic hydroxyl groups excluding tert-OH is 1. The first-order chi connectivity index (χ1) is 6.95. The lowest BCUT2D eigenvalue weighted by Gasteiger charge is -2.06. The van der Waals surface area contributed by atoms with Crippen molar-refractivity contribution in [2.45, 2.75) is 6.10 Å². The minimum Gasteiger partial charge on any atom is -0.479 e. The van der Waals surface area contributed by atoms with Crippen LogP contribution in [0, 0.1) is 10.1 Å². The van der Waals surface area contributed by atoms with Gasteiger partial charge in [0, 0.05) is 6.20 Å². The van der Waals surface area contributed by atoms with Crippen molar-refractivity contribution in [2.75, 3.05) is 0 Å². The number of nitrogens with zero attached hydrogens (tertiary/aromatic N) is 2. The number of carboxylic acid groups (broad SMARTS) is 1. The van der Waals surface area contributed by atoms with Crippen LogP contribution in [0.5, 0.6) is 0 Å². The van der Waals surface area contributed by atoms with Gasteiger partial charge in [0.1, 0.15) is 0 Å². The second-order valence-electron chi connectivity index (χ2n) is 2.54.